The highest BCUT2D eigenvalue weighted by atomic mass is 31.2. The summed E-state index contributed by atoms with van der Waals surface area (Å²) in [6.07, 6.45) is -0.158. The van der Waals surface area contributed by atoms with Crippen LogP contribution >= 0.6 is 7.60 Å². The Bertz CT molecular complexity index is 388. The van der Waals surface area contributed by atoms with Crippen molar-refractivity contribution in [2.24, 2.45) is 0 Å². The molecule has 0 aliphatic carbocycles. The smallest absolute Gasteiger partial charge is 0.323 e. The summed E-state index contributed by atoms with van der Waals surface area (Å²) >= 11 is 0. The Morgan fingerprint density at radius 1 is 1.60 bits per heavy atom. The molecule has 0 fully saturated rings. The SMILES string of the molecule is COP(=O)(O)Cn1nnc(C(C)C)c1C. The molecule has 0 aromatic carbocycles. The minimum Gasteiger partial charge on any atom is -0.323 e. The van der Waals surface area contributed by atoms with E-state index in [4.69, 9.17) is 0 Å². The molecule has 7 heteroatoms. The van der Waals surface area contributed by atoms with Gasteiger partial charge in [0.2, 0.25) is 0 Å². The molecule has 15 heavy (non-hydrogen) atoms. The van der Waals surface area contributed by atoms with Gasteiger partial charge in [-0.1, -0.05) is 19.1 Å². The quantitative estimate of drug-likeness (QED) is 0.797. The molecule has 1 unspecified atom stereocenters. The Labute approximate surface area is 88.8 Å². The molecule has 0 saturated heterocycles. The van der Waals surface area contributed by atoms with Crippen molar-refractivity contribution in [3.05, 3.63) is 11.4 Å². The average molecular weight is 233 g/mol. The molecule has 0 aliphatic rings. The summed E-state index contributed by atoms with van der Waals surface area (Å²) in [5.74, 6) is 0.249. The third-order valence-electron chi connectivity index (χ3n) is 2.16. The lowest BCUT2D eigenvalue weighted by molar-refractivity contribution is 0.304. The number of hydrogen-bond acceptors (Lipinski definition) is 4. The van der Waals surface area contributed by atoms with Gasteiger partial charge in [0.25, 0.3) is 0 Å². The topological polar surface area (TPSA) is 77.2 Å². The largest absolute Gasteiger partial charge is 0.349 e. The zero-order valence-corrected chi connectivity index (χ0v) is 10.2. The van der Waals surface area contributed by atoms with E-state index in [0.717, 1.165) is 11.4 Å². The molecule has 0 radical (unpaired) electrons. The summed E-state index contributed by atoms with van der Waals surface area (Å²) in [4.78, 5) is 9.29. The van der Waals surface area contributed by atoms with Crippen molar-refractivity contribution >= 4 is 7.60 Å². The molecule has 0 amide bonds. The predicted molar refractivity (Wildman–Crippen MR) is 55.7 cm³/mol. The van der Waals surface area contributed by atoms with Crippen LogP contribution in [0, 0.1) is 6.92 Å². The van der Waals surface area contributed by atoms with Gasteiger partial charge in [-0.15, -0.1) is 5.10 Å². The first-order chi connectivity index (χ1) is 6.87. The monoisotopic (exact) mass is 233 g/mol. The predicted octanol–water partition coefficient (Wildman–Crippen LogP) is 1.50. The highest BCUT2D eigenvalue weighted by Crippen LogP contribution is 2.42. The van der Waals surface area contributed by atoms with Crippen LogP contribution in [0.3, 0.4) is 0 Å². The van der Waals surface area contributed by atoms with E-state index in [1.807, 2.05) is 20.8 Å². The second-order valence-corrected chi connectivity index (χ2v) is 5.60. The van der Waals surface area contributed by atoms with Crippen molar-refractivity contribution in [2.75, 3.05) is 7.11 Å². The van der Waals surface area contributed by atoms with Crippen LogP contribution in [0.1, 0.15) is 31.2 Å². The van der Waals surface area contributed by atoms with Gasteiger partial charge in [-0.3, -0.25) is 4.57 Å². The van der Waals surface area contributed by atoms with E-state index >= 15 is 0 Å². The maximum absolute atomic E-state index is 11.3. The second kappa shape index (κ2) is 4.43. The molecule has 0 bridgehead atoms. The molecule has 86 valence electrons. The third-order valence-corrected chi connectivity index (χ3v) is 3.36. The molecular weight excluding hydrogens is 217 g/mol. The summed E-state index contributed by atoms with van der Waals surface area (Å²) in [6.45, 7) is 5.82. The Morgan fingerprint density at radius 2 is 2.20 bits per heavy atom. The fourth-order valence-electron chi connectivity index (χ4n) is 1.27. The lowest BCUT2D eigenvalue weighted by Crippen LogP contribution is -2.04. The zero-order chi connectivity index (χ0) is 11.6. The molecule has 1 heterocycles. The number of rotatable bonds is 4. The molecule has 1 aromatic heterocycles. The van der Waals surface area contributed by atoms with Gasteiger partial charge >= 0.3 is 7.60 Å². The summed E-state index contributed by atoms with van der Waals surface area (Å²) in [5, 5.41) is 7.78. The van der Waals surface area contributed by atoms with Crippen LogP contribution in [0.2, 0.25) is 0 Å². The minimum atomic E-state index is -3.58. The van der Waals surface area contributed by atoms with E-state index in [0.29, 0.717) is 0 Å². The minimum absolute atomic E-state index is 0.158. The number of aromatic nitrogens is 3. The van der Waals surface area contributed by atoms with E-state index in [9.17, 15) is 9.46 Å². The Balaban J connectivity index is 2.93. The lowest BCUT2D eigenvalue weighted by atomic mass is 10.1. The van der Waals surface area contributed by atoms with Gasteiger partial charge in [0.1, 0.15) is 6.29 Å². The van der Waals surface area contributed by atoms with Crippen LogP contribution in [-0.4, -0.2) is 27.0 Å². The molecule has 1 atom stereocenters. The number of hydrogen-bond donors (Lipinski definition) is 1. The summed E-state index contributed by atoms with van der Waals surface area (Å²) in [6, 6.07) is 0. The first-order valence-corrected chi connectivity index (χ1v) is 6.41. The van der Waals surface area contributed by atoms with Crippen molar-refractivity contribution in [2.45, 2.75) is 33.0 Å². The zero-order valence-electron chi connectivity index (χ0n) is 9.34. The molecule has 1 aromatic rings. The highest BCUT2D eigenvalue weighted by molar-refractivity contribution is 7.51. The lowest BCUT2D eigenvalue weighted by Gasteiger charge is -2.09. The van der Waals surface area contributed by atoms with Gasteiger partial charge in [0.05, 0.1) is 11.4 Å². The first kappa shape index (κ1) is 12.4. The summed E-state index contributed by atoms with van der Waals surface area (Å²) in [7, 11) is -2.37. The molecule has 0 aliphatic heterocycles. The van der Waals surface area contributed by atoms with Crippen molar-refractivity contribution in [1.82, 2.24) is 15.0 Å². The Kier molecular flexibility index (Phi) is 3.65. The normalized spacial score (nSPS) is 15.6. The van der Waals surface area contributed by atoms with E-state index in [-0.39, 0.29) is 12.2 Å². The van der Waals surface area contributed by atoms with Gasteiger partial charge in [-0.05, 0) is 12.8 Å². The van der Waals surface area contributed by atoms with Crippen LogP contribution in [0.5, 0.6) is 0 Å². The first-order valence-electron chi connectivity index (χ1n) is 4.65. The van der Waals surface area contributed by atoms with Crippen LogP contribution in [0.15, 0.2) is 0 Å². The Morgan fingerprint density at radius 3 is 2.60 bits per heavy atom. The van der Waals surface area contributed by atoms with E-state index in [1.165, 1.54) is 11.8 Å². The van der Waals surface area contributed by atoms with E-state index < -0.39 is 7.60 Å². The molecule has 0 saturated carbocycles. The van der Waals surface area contributed by atoms with Gasteiger partial charge in [0, 0.05) is 7.11 Å². The van der Waals surface area contributed by atoms with E-state index in [2.05, 4.69) is 14.8 Å². The standard InChI is InChI=1S/C8H16N3O3P/c1-6(2)8-7(3)11(10-9-8)5-15(12,13)14-4/h6H,5H2,1-4H3,(H,12,13). The number of nitrogens with zero attached hydrogens (tertiary/aromatic N) is 3. The van der Waals surface area contributed by atoms with Crippen molar-refractivity contribution in [1.29, 1.82) is 0 Å². The van der Waals surface area contributed by atoms with Gasteiger partial charge in [-0.2, -0.15) is 0 Å². The second-order valence-electron chi connectivity index (χ2n) is 3.68. The molecule has 1 N–H and O–H groups in total. The molecule has 1 rings (SSSR count). The molecular formula is C8H16N3O3P. The van der Waals surface area contributed by atoms with Gasteiger partial charge in [-0.25, -0.2) is 4.68 Å². The van der Waals surface area contributed by atoms with Crippen LogP contribution in [-0.2, 0) is 15.4 Å². The average Bonchev–Trinajstić information content (AvgIpc) is 2.48. The van der Waals surface area contributed by atoms with Crippen molar-refractivity contribution in [3.63, 3.8) is 0 Å². The van der Waals surface area contributed by atoms with Gasteiger partial charge < -0.3 is 9.42 Å². The summed E-state index contributed by atoms with van der Waals surface area (Å²) in [5.41, 5.74) is 1.64. The fraction of sp³-hybridized carbons (Fsp3) is 0.750. The maximum Gasteiger partial charge on any atom is 0.349 e. The summed E-state index contributed by atoms with van der Waals surface area (Å²) < 4.78 is 17.2. The Hall–Kier alpha value is -0.710. The third kappa shape index (κ3) is 2.87. The fourth-order valence-corrected chi connectivity index (χ4v) is 1.99. The molecule has 6 nitrogen and oxygen atoms in total. The van der Waals surface area contributed by atoms with Crippen LogP contribution < -0.4 is 0 Å². The maximum atomic E-state index is 11.3. The molecule has 0 spiro atoms. The van der Waals surface area contributed by atoms with E-state index in [1.54, 1.807) is 0 Å². The van der Waals surface area contributed by atoms with Crippen LogP contribution in [0.4, 0.5) is 0 Å². The highest BCUT2D eigenvalue weighted by Gasteiger charge is 2.21. The van der Waals surface area contributed by atoms with Crippen LogP contribution in [0.25, 0.3) is 0 Å². The van der Waals surface area contributed by atoms with Crippen molar-refractivity contribution in [3.8, 4) is 0 Å². The van der Waals surface area contributed by atoms with Gasteiger partial charge in [0.15, 0.2) is 0 Å². The van der Waals surface area contributed by atoms with Crippen molar-refractivity contribution < 1.29 is 14.0 Å².